The fourth-order valence-corrected chi connectivity index (χ4v) is 5.15. The molecule has 1 aromatic carbocycles. The molecule has 3 N–H and O–H groups in total. The number of anilines is 1. The van der Waals surface area contributed by atoms with Crippen LogP contribution in [0.5, 0.6) is 0 Å². The zero-order valence-electron chi connectivity index (χ0n) is 14.6. The van der Waals surface area contributed by atoms with Gasteiger partial charge in [-0.05, 0) is 73.6 Å². The molecule has 3 aliphatic rings. The van der Waals surface area contributed by atoms with Crippen LogP contribution in [0.1, 0.15) is 43.0 Å². The van der Waals surface area contributed by atoms with Crippen LogP contribution in [0.15, 0.2) is 24.3 Å². The van der Waals surface area contributed by atoms with E-state index < -0.39 is 0 Å². The number of carbonyl (C=O) groups excluding carboxylic acids is 2. The summed E-state index contributed by atoms with van der Waals surface area (Å²) in [6, 6.07) is 6.76. The number of hydrogen-bond acceptors (Lipinski definition) is 3. The van der Waals surface area contributed by atoms with Crippen molar-refractivity contribution in [2.45, 2.75) is 38.6 Å². The van der Waals surface area contributed by atoms with Crippen LogP contribution in [0.2, 0.25) is 0 Å². The van der Waals surface area contributed by atoms with E-state index in [1.54, 1.807) is 24.3 Å². The van der Waals surface area contributed by atoms with Gasteiger partial charge in [-0.15, -0.1) is 0 Å². The second-order valence-corrected chi connectivity index (χ2v) is 7.84. The summed E-state index contributed by atoms with van der Waals surface area (Å²) in [4.78, 5) is 24.7. The van der Waals surface area contributed by atoms with Crippen LogP contribution in [0.3, 0.4) is 0 Å². The van der Waals surface area contributed by atoms with E-state index >= 15 is 0 Å². The summed E-state index contributed by atoms with van der Waals surface area (Å²) in [6.07, 6.45) is 4.65. The molecule has 5 unspecified atom stereocenters. The third-order valence-corrected chi connectivity index (χ3v) is 6.50. The molecule has 3 aliphatic carbocycles. The van der Waals surface area contributed by atoms with Gasteiger partial charge < -0.3 is 15.7 Å². The van der Waals surface area contributed by atoms with Crippen molar-refractivity contribution < 1.29 is 14.7 Å². The summed E-state index contributed by atoms with van der Waals surface area (Å²) >= 11 is 0. The first kappa shape index (κ1) is 16.6. The van der Waals surface area contributed by atoms with Crippen LogP contribution in [-0.4, -0.2) is 29.6 Å². The van der Waals surface area contributed by atoms with E-state index in [1.807, 2.05) is 6.92 Å². The van der Waals surface area contributed by atoms with Crippen molar-refractivity contribution in [1.29, 1.82) is 0 Å². The topological polar surface area (TPSA) is 78.4 Å². The van der Waals surface area contributed by atoms with Gasteiger partial charge in [-0.2, -0.15) is 0 Å². The van der Waals surface area contributed by atoms with Gasteiger partial charge in [-0.3, -0.25) is 9.59 Å². The van der Waals surface area contributed by atoms with Crippen molar-refractivity contribution in [3.8, 4) is 0 Å². The molecule has 134 valence electrons. The molecule has 5 heteroatoms. The lowest BCUT2D eigenvalue weighted by atomic mass is 10.0. The highest BCUT2D eigenvalue weighted by atomic mass is 16.3. The Kier molecular flexibility index (Phi) is 4.28. The first-order valence-corrected chi connectivity index (χ1v) is 9.45. The maximum absolute atomic E-state index is 12.5. The van der Waals surface area contributed by atoms with Gasteiger partial charge in [0.1, 0.15) is 0 Å². The van der Waals surface area contributed by atoms with E-state index in [0.717, 1.165) is 17.5 Å². The third kappa shape index (κ3) is 2.95. The van der Waals surface area contributed by atoms with Crippen LogP contribution in [0.4, 0.5) is 5.69 Å². The lowest BCUT2D eigenvalue weighted by molar-refractivity contribution is -0.118. The summed E-state index contributed by atoms with van der Waals surface area (Å²) in [5.74, 6) is 3.00. The van der Waals surface area contributed by atoms with Gasteiger partial charge in [0.25, 0.3) is 5.91 Å². The molecular weight excluding hydrogens is 316 g/mol. The second kappa shape index (κ2) is 6.45. The summed E-state index contributed by atoms with van der Waals surface area (Å²) in [6.45, 7) is 1.85. The molecule has 2 bridgehead atoms. The van der Waals surface area contributed by atoms with E-state index in [1.165, 1.54) is 19.3 Å². The Hall–Kier alpha value is -1.88. The molecule has 0 aliphatic heterocycles. The highest BCUT2D eigenvalue weighted by Gasteiger charge is 2.67. The number of aliphatic hydroxyl groups is 1. The molecular formula is C20H26N2O3. The Balaban J connectivity index is 1.33. The monoisotopic (exact) mass is 342 g/mol. The molecule has 0 spiro atoms. The molecule has 0 radical (unpaired) electrons. The molecule has 4 rings (SSSR count). The van der Waals surface area contributed by atoms with Crippen molar-refractivity contribution in [3.05, 3.63) is 29.8 Å². The lowest BCUT2D eigenvalue weighted by Crippen LogP contribution is -2.36. The molecule has 0 aromatic heterocycles. The standard InChI is InChI=1S/C20H26N2O3/c1-2-14(10-23)21-19(24)11-5-7-15(8-6-11)22-20(25)18-16-12-3-4-13(9-12)17(16)18/h5-8,12-14,16-18,23H,2-4,9-10H2,1H3,(H,21,24)(H,22,25). The number of fused-ring (bicyclic) bond motifs is 5. The predicted octanol–water partition coefficient (Wildman–Crippen LogP) is 2.42. The lowest BCUT2D eigenvalue weighted by Gasteiger charge is -2.14. The number of benzene rings is 1. The highest BCUT2D eigenvalue weighted by Crippen LogP contribution is 2.69. The van der Waals surface area contributed by atoms with Crippen molar-refractivity contribution in [1.82, 2.24) is 5.32 Å². The zero-order valence-corrected chi connectivity index (χ0v) is 14.6. The quantitative estimate of drug-likeness (QED) is 0.743. The Labute approximate surface area is 148 Å². The minimum Gasteiger partial charge on any atom is -0.394 e. The second-order valence-electron chi connectivity index (χ2n) is 7.84. The molecule has 1 aromatic rings. The Morgan fingerprint density at radius 2 is 1.80 bits per heavy atom. The van der Waals surface area contributed by atoms with Crippen LogP contribution in [0, 0.1) is 29.6 Å². The van der Waals surface area contributed by atoms with Gasteiger partial charge in [0.05, 0.1) is 12.6 Å². The largest absolute Gasteiger partial charge is 0.394 e. The SMILES string of the molecule is CCC(CO)NC(=O)c1ccc(NC(=O)C2C3C4CCC(C4)C23)cc1. The van der Waals surface area contributed by atoms with Gasteiger partial charge in [0.2, 0.25) is 5.91 Å². The smallest absolute Gasteiger partial charge is 0.251 e. The fraction of sp³-hybridized carbons (Fsp3) is 0.600. The van der Waals surface area contributed by atoms with Crippen molar-refractivity contribution in [2.24, 2.45) is 29.6 Å². The number of rotatable bonds is 6. The molecule has 5 nitrogen and oxygen atoms in total. The van der Waals surface area contributed by atoms with E-state index in [9.17, 15) is 14.7 Å². The Bertz CT molecular complexity index is 652. The number of nitrogens with one attached hydrogen (secondary N) is 2. The van der Waals surface area contributed by atoms with Gasteiger partial charge in [0, 0.05) is 17.2 Å². The molecule has 0 saturated heterocycles. The normalized spacial score (nSPS) is 32.8. The van der Waals surface area contributed by atoms with Crippen molar-refractivity contribution in [3.63, 3.8) is 0 Å². The molecule has 25 heavy (non-hydrogen) atoms. The minimum atomic E-state index is -0.225. The van der Waals surface area contributed by atoms with Gasteiger partial charge in [-0.1, -0.05) is 6.92 Å². The first-order valence-electron chi connectivity index (χ1n) is 9.45. The third-order valence-electron chi connectivity index (χ3n) is 6.50. The molecule has 3 saturated carbocycles. The maximum Gasteiger partial charge on any atom is 0.251 e. The van der Waals surface area contributed by atoms with E-state index in [-0.39, 0.29) is 30.4 Å². The highest BCUT2D eigenvalue weighted by molar-refractivity contribution is 5.97. The van der Waals surface area contributed by atoms with Crippen LogP contribution in [0.25, 0.3) is 0 Å². The summed E-state index contributed by atoms with van der Waals surface area (Å²) in [5, 5.41) is 15.0. The van der Waals surface area contributed by atoms with Gasteiger partial charge >= 0.3 is 0 Å². The number of carbonyl (C=O) groups is 2. The van der Waals surface area contributed by atoms with Gasteiger partial charge in [0.15, 0.2) is 0 Å². The van der Waals surface area contributed by atoms with Crippen LogP contribution in [-0.2, 0) is 4.79 Å². The molecule has 2 amide bonds. The van der Waals surface area contributed by atoms with Crippen LogP contribution >= 0.6 is 0 Å². The van der Waals surface area contributed by atoms with Crippen LogP contribution < -0.4 is 10.6 Å². The van der Waals surface area contributed by atoms with E-state index in [2.05, 4.69) is 10.6 Å². The average molecular weight is 342 g/mol. The molecule has 5 atom stereocenters. The molecule has 3 fully saturated rings. The first-order chi connectivity index (χ1) is 12.1. The maximum atomic E-state index is 12.5. The zero-order chi connectivity index (χ0) is 17.6. The number of aliphatic hydroxyl groups excluding tert-OH is 1. The fourth-order valence-electron chi connectivity index (χ4n) is 5.15. The van der Waals surface area contributed by atoms with Crippen molar-refractivity contribution >= 4 is 17.5 Å². The summed E-state index contributed by atoms with van der Waals surface area (Å²) < 4.78 is 0. The van der Waals surface area contributed by atoms with Gasteiger partial charge in [-0.25, -0.2) is 0 Å². The molecule has 0 heterocycles. The van der Waals surface area contributed by atoms with E-state index in [0.29, 0.717) is 23.8 Å². The Morgan fingerprint density at radius 3 is 2.36 bits per heavy atom. The minimum absolute atomic E-state index is 0.0674. The van der Waals surface area contributed by atoms with Crippen molar-refractivity contribution in [2.75, 3.05) is 11.9 Å². The summed E-state index contributed by atoms with van der Waals surface area (Å²) in [7, 11) is 0. The van der Waals surface area contributed by atoms with E-state index in [4.69, 9.17) is 0 Å². The summed E-state index contributed by atoms with van der Waals surface area (Å²) in [5.41, 5.74) is 1.28. The number of hydrogen-bond donors (Lipinski definition) is 3. The predicted molar refractivity (Wildman–Crippen MR) is 95.0 cm³/mol. The Morgan fingerprint density at radius 1 is 1.16 bits per heavy atom. The number of amides is 2. The average Bonchev–Trinajstić information content (AvgIpc) is 3.08.